The number of halogens is 1. The molecule has 1 N–H and O–H groups in total. The molecule has 0 radical (unpaired) electrons. The molecule has 1 aliphatic heterocycles. The van der Waals surface area contributed by atoms with Gasteiger partial charge in [-0.15, -0.1) is 0 Å². The molecule has 1 heterocycles. The van der Waals surface area contributed by atoms with Crippen molar-refractivity contribution < 1.29 is 19.1 Å². The molecule has 2 amide bonds. The minimum atomic E-state index is -0.578. The number of benzene rings is 1. The Kier molecular flexibility index (Phi) is 5.63. The van der Waals surface area contributed by atoms with Crippen LogP contribution in [0.3, 0.4) is 0 Å². The largest absolute Gasteiger partial charge is 0.466 e. The molecule has 1 aliphatic rings. The van der Waals surface area contributed by atoms with Crippen molar-refractivity contribution >= 4 is 23.6 Å². The molecule has 1 unspecified atom stereocenters. The molecule has 0 spiro atoms. The summed E-state index contributed by atoms with van der Waals surface area (Å²) in [6.45, 7) is 2.44. The highest BCUT2D eigenvalue weighted by molar-refractivity contribution is 6.30. The van der Waals surface area contributed by atoms with Crippen molar-refractivity contribution in [3.63, 3.8) is 0 Å². The molecule has 2 rings (SSSR count). The summed E-state index contributed by atoms with van der Waals surface area (Å²) in [6.07, 6.45) is 0. The number of rotatable bonds is 5. The van der Waals surface area contributed by atoms with Crippen LogP contribution in [0.5, 0.6) is 0 Å². The maximum Gasteiger partial charge on any atom is 0.337 e. The Morgan fingerprint density at radius 3 is 2.52 bits per heavy atom. The highest BCUT2D eigenvalue weighted by Crippen LogP contribution is 2.31. The van der Waals surface area contributed by atoms with Crippen LogP contribution in [0.25, 0.3) is 0 Å². The number of esters is 1. The smallest absolute Gasteiger partial charge is 0.337 e. The number of urea groups is 1. The summed E-state index contributed by atoms with van der Waals surface area (Å²) in [5, 5.41) is 3.42. The van der Waals surface area contributed by atoms with E-state index in [2.05, 4.69) is 5.32 Å². The molecule has 1 aromatic rings. The van der Waals surface area contributed by atoms with Gasteiger partial charge in [0.15, 0.2) is 0 Å². The lowest BCUT2D eigenvalue weighted by Crippen LogP contribution is -2.48. The molecule has 0 bridgehead atoms. The van der Waals surface area contributed by atoms with Gasteiger partial charge < -0.3 is 14.8 Å². The SMILES string of the molecule is COCCN1C(=O)NC(c2ccc(Cl)cc2)C(C(=O)OC)=C1C. The number of nitrogens with one attached hydrogen (secondary N) is 1. The molecule has 0 aliphatic carbocycles. The zero-order valence-corrected chi connectivity index (χ0v) is 14.0. The molecule has 6 nitrogen and oxygen atoms in total. The van der Waals surface area contributed by atoms with E-state index in [1.807, 2.05) is 0 Å². The predicted octanol–water partition coefficient (Wildman–Crippen LogP) is 2.50. The van der Waals surface area contributed by atoms with Crippen molar-refractivity contribution in [2.45, 2.75) is 13.0 Å². The van der Waals surface area contributed by atoms with E-state index < -0.39 is 12.0 Å². The number of ether oxygens (including phenoxy) is 2. The Labute approximate surface area is 140 Å². The molecular weight excluding hydrogens is 320 g/mol. The second-order valence-corrected chi connectivity index (χ2v) is 5.51. The van der Waals surface area contributed by atoms with E-state index in [-0.39, 0.29) is 6.03 Å². The maximum atomic E-state index is 12.4. The first kappa shape index (κ1) is 17.3. The van der Waals surface area contributed by atoms with E-state index in [1.54, 1.807) is 38.3 Å². The standard InChI is InChI=1S/C16H19ClN2O4/c1-10-13(15(20)23-3)14(11-4-6-12(17)7-5-11)18-16(21)19(10)8-9-22-2/h4-7,14H,8-9H2,1-3H3,(H,18,21). The predicted molar refractivity (Wildman–Crippen MR) is 86.0 cm³/mol. The lowest BCUT2D eigenvalue weighted by molar-refractivity contribution is -0.136. The Hall–Kier alpha value is -2.05. The fourth-order valence-electron chi connectivity index (χ4n) is 2.51. The van der Waals surface area contributed by atoms with Crippen LogP contribution in [0, 0.1) is 0 Å². The first-order valence-electron chi connectivity index (χ1n) is 7.11. The highest BCUT2D eigenvalue weighted by Gasteiger charge is 2.35. The van der Waals surface area contributed by atoms with Gasteiger partial charge in [0, 0.05) is 17.8 Å². The van der Waals surface area contributed by atoms with Crippen molar-refractivity contribution in [2.75, 3.05) is 27.4 Å². The van der Waals surface area contributed by atoms with Crippen molar-refractivity contribution in [3.05, 3.63) is 46.1 Å². The average Bonchev–Trinajstić information content (AvgIpc) is 2.54. The van der Waals surface area contributed by atoms with Crippen LogP contribution in [0.1, 0.15) is 18.5 Å². The minimum Gasteiger partial charge on any atom is -0.466 e. The van der Waals surface area contributed by atoms with E-state index in [4.69, 9.17) is 21.1 Å². The second kappa shape index (κ2) is 7.48. The molecule has 1 aromatic carbocycles. The molecule has 23 heavy (non-hydrogen) atoms. The summed E-state index contributed by atoms with van der Waals surface area (Å²) in [5.74, 6) is -0.482. The van der Waals surface area contributed by atoms with Gasteiger partial charge in [-0.1, -0.05) is 23.7 Å². The fraction of sp³-hybridized carbons (Fsp3) is 0.375. The van der Waals surface area contributed by atoms with Crippen LogP contribution < -0.4 is 5.32 Å². The number of carbonyl (C=O) groups excluding carboxylic acids is 2. The topological polar surface area (TPSA) is 67.9 Å². The van der Waals surface area contributed by atoms with Gasteiger partial charge in [-0.05, 0) is 24.6 Å². The Balaban J connectivity index is 2.45. The lowest BCUT2D eigenvalue weighted by Gasteiger charge is -2.35. The van der Waals surface area contributed by atoms with Gasteiger partial charge in [-0.3, -0.25) is 4.90 Å². The Morgan fingerprint density at radius 1 is 1.30 bits per heavy atom. The first-order chi connectivity index (χ1) is 11.0. The van der Waals surface area contributed by atoms with Crippen molar-refractivity contribution in [2.24, 2.45) is 0 Å². The van der Waals surface area contributed by atoms with Gasteiger partial charge in [0.25, 0.3) is 0 Å². The number of hydrogen-bond acceptors (Lipinski definition) is 4. The zero-order chi connectivity index (χ0) is 17.0. The van der Waals surface area contributed by atoms with Crippen LogP contribution >= 0.6 is 11.6 Å². The molecule has 124 valence electrons. The normalized spacial score (nSPS) is 18.0. The fourth-order valence-corrected chi connectivity index (χ4v) is 2.64. The van der Waals surface area contributed by atoms with Gasteiger partial charge in [0.2, 0.25) is 0 Å². The number of nitrogens with zero attached hydrogens (tertiary/aromatic N) is 1. The minimum absolute atomic E-state index is 0.285. The molecule has 0 saturated carbocycles. The molecule has 7 heteroatoms. The average molecular weight is 339 g/mol. The number of methoxy groups -OCH3 is 2. The number of amides is 2. The first-order valence-corrected chi connectivity index (χ1v) is 7.49. The van der Waals surface area contributed by atoms with Gasteiger partial charge in [0.1, 0.15) is 0 Å². The summed E-state index contributed by atoms with van der Waals surface area (Å²) in [6, 6.07) is 6.11. The lowest BCUT2D eigenvalue weighted by atomic mass is 9.95. The molecule has 0 saturated heterocycles. The Bertz CT molecular complexity index is 627. The van der Waals surface area contributed by atoms with Gasteiger partial charge in [-0.25, -0.2) is 9.59 Å². The van der Waals surface area contributed by atoms with Crippen LogP contribution in [-0.2, 0) is 14.3 Å². The number of allylic oxidation sites excluding steroid dienone is 1. The summed E-state index contributed by atoms with van der Waals surface area (Å²) in [7, 11) is 2.87. The van der Waals surface area contributed by atoms with Crippen LogP contribution in [0.2, 0.25) is 5.02 Å². The zero-order valence-electron chi connectivity index (χ0n) is 13.3. The van der Waals surface area contributed by atoms with E-state index in [0.717, 1.165) is 5.56 Å². The van der Waals surface area contributed by atoms with Crippen LogP contribution in [0.15, 0.2) is 35.5 Å². The van der Waals surface area contributed by atoms with E-state index >= 15 is 0 Å². The molecular formula is C16H19ClN2O4. The quantitative estimate of drug-likeness (QED) is 0.838. The summed E-state index contributed by atoms with van der Waals surface area (Å²) in [5.41, 5.74) is 1.71. The summed E-state index contributed by atoms with van der Waals surface area (Å²) < 4.78 is 9.90. The van der Waals surface area contributed by atoms with E-state index in [0.29, 0.717) is 29.4 Å². The molecule has 0 fully saturated rings. The third kappa shape index (κ3) is 3.65. The second-order valence-electron chi connectivity index (χ2n) is 5.07. The number of hydrogen-bond donors (Lipinski definition) is 1. The molecule has 0 aromatic heterocycles. The highest BCUT2D eigenvalue weighted by atomic mass is 35.5. The van der Waals surface area contributed by atoms with Gasteiger partial charge >= 0.3 is 12.0 Å². The third-order valence-electron chi connectivity index (χ3n) is 3.72. The van der Waals surface area contributed by atoms with E-state index in [9.17, 15) is 9.59 Å². The summed E-state index contributed by atoms with van der Waals surface area (Å²) >= 11 is 5.90. The molecule has 1 atom stereocenters. The van der Waals surface area contributed by atoms with Crippen LogP contribution in [0.4, 0.5) is 4.79 Å². The van der Waals surface area contributed by atoms with E-state index in [1.165, 1.54) is 12.0 Å². The van der Waals surface area contributed by atoms with Gasteiger partial charge in [0.05, 0.1) is 31.9 Å². The summed E-state index contributed by atoms with van der Waals surface area (Å²) in [4.78, 5) is 26.1. The van der Waals surface area contributed by atoms with Gasteiger partial charge in [-0.2, -0.15) is 0 Å². The third-order valence-corrected chi connectivity index (χ3v) is 3.98. The Morgan fingerprint density at radius 2 is 1.96 bits per heavy atom. The monoisotopic (exact) mass is 338 g/mol. The van der Waals surface area contributed by atoms with Crippen molar-refractivity contribution in [1.82, 2.24) is 10.2 Å². The van der Waals surface area contributed by atoms with Crippen molar-refractivity contribution in [3.8, 4) is 0 Å². The van der Waals surface area contributed by atoms with Crippen LogP contribution in [-0.4, -0.2) is 44.3 Å². The maximum absolute atomic E-state index is 12.4. The van der Waals surface area contributed by atoms with Crippen molar-refractivity contribution in [1.29, 1.82) is 0 Å². The number of carbonyl (C=O) groups is 2.